The number of aromatic amines is 1. The number of amides is 9. The van der Waals surface area contributed by atoms with E-state index in [0.717, 1.165) is 38.6 Å². The van der Waals surface area contributed by atoms with Crippen LogP contribution in [0.4, 0.5) is 4.79 Å². The molecule has 26 nitrogen and oxygen atoms in total. The summed E-state index contributed by atoms with van der Waals surface area (Å²) in [6, 6.07) is 14.2. The maximum Gasteiger partial charge on any atom is 0.407 e. The van der Waals surface area contributed by atoms with Gasteiger partial charge in [0, 0.05) is 59.9 Å². The highest BCUT2D eigenvalue weighted by Gasteiger charge is 2.37. The minimum absolute atomic E-state index is 0.0637. The lowest BCUT2D eigenvalue weighted by atomic mass is 10.0. The Morgan fingerprint density at radius 1 is 0.767 bits per heavy atom. The van der Waals surface area contributed by atoms with Gasteiger partial charge in [-0.15, -0.1) is 0 Å². The van der Waals surface area contributed by atoms with Crippen molar-refractivity contribution in [2.45, 2.75) is 131 Å². The molecule has 1 fully saturated rings. The Bertz CT molecular complexity index is 3380. The van der Waals surface area contributed by atoms with Gasteiger partial charge in [-0.25, -0.2) is 22.9 Å². The Hall–Kier alpha value is -7.55. The number of benzene rings is 3. The number of nitrogens with zero attached hydrogens (tertiary/aromatic N) is 1. The fraction of sp³-hybridized carbons (Fsp3) is 0.424. The molecule has 0 radical (unpaired) electrons. The third kappa shape index (κ3) is 24.0. The number of nitrogens with two attached hydrogens (primary N) is 1. The molecular formula is C59H76N12O14S5. The van der Waals surface area contributed by atoms with Crippen molar-refractivity contribution in [3.8, 4) is 5.75 Å². The monoisotopic (exact) mass is 1340 g/mol. The molecule has 1 saturated heterocycles. The number of phenols is 1. The number of rotatable bonds is 23. The molecule has 31 heteroatoms. The SMILES string of the molecule is C[C@@H](O)[C@@H]1NC(=O)[C@H](CCCCNC(=O)OC(C)(C)C)NC(=O)[C@@H](Cc2c[nH]c3ccccc23)NC(=O)[C@H](Cc2ccc(O)cc2)NC(=O)[C@@H](NC(=O)[C@@H](Cc2ccccc2)NS(C)(=O)=O)CSSC[C@@H](C(=O)N[C@@H](CSSc2ccccn2)C(N)=O)NC1=O. The summed E-state index contributed by atoms with van der Waals surface area (Å²) in [5.41, 5.74) is 7.20. The van der Waals surface area contributed by atoms with E-state index in [0.29, 0.717) is 32.6 Å². The smallest absolute Gasteiger partial charge is 0.407 e. The summed E-state index contributed by atoms with van der Waals surface area (Å²) >= 11 is 0. The number of carbonyl (C=O) groups is 9. The predicted molar refractivity (Wildman–Crippen MR) is 346 cm³/mol. The predicted octanol–water partition coefficient (Wildman–Crippen LogP) is 2.00. The zero-order valence-electron chi connectivity index (χ0n) is 50.0. The van der Waals surface area contributed by atoms with Crippen molar-refractivity contribution in [2.24, 2.45) is 5.73 Å². The van der Waals surface area contributed by atoms with Gasteiger partial charge in [-0.3, -0.25) is 38.4 Å². The van der Waals surface area contributed by atoms with Crippen LogP contribution in [0.2, 0.25) is 0 Å². The van der Waals surface area contributed by atoms with E-state index in [1.807, 2.05) is 0 Å². The Morgan fingerprint density at radius 3 is 2.08 bits per heavy atom. The van der Waals surface area contributed by atoms with Gasteiger partial charge in [0.05, 0.1) is 12.4 Å². The summed E-state index contributed by atoms with van der Waals surface area (Å²) in [7, 11) is 0.112. The van der Waals surface area contributed by atoms with Crippen molar-refractivity contribution in [1.82, 2.24) is 57.2 Å². The summed E-state index contributed by atoms with van der Waals surface area (Å²) < 4.78 is 33.2. The fourth-order valence-corrected chi connectivity index (χ4v) is 14.1. The van der Waals surface area contributed by atoms with Crippen molar-refractivity contribution < 1.29 is 66.5 Å². The Labute approximate surface area is 537 Å². The number of hydrogen-bond donors (Lipinski definition) is 13. The van der Waals surface area contributed by atoms with E-state index in [4.69, 9.17) is 10.5 Å². The van der Waals surface area contributed by atoms with Crippen LogP contribution in [0, 0.1) is 0 Å². The number of alkyl carbamates (subject to hydrolysis) is 1. The number of phenolic OH excluding ortho intramolecular Hbond substituents is 1. The van der Waals surface area contributed by atoms with E-state index in [2.05, 4.69) is 57.2 Å². The molecule has 14 N–H and O–H groups in total. The van der Waals surface area contributed by atoms with E-state index in [1.165, 1.54) is 42.0 Å². The molecule has 3 heterocycles. The van der Waals surface area contributed by atoms with Crippen LogP contribution in [0.15, 0.2) is 114 Å². The number of fused-ring (bicyclic) bond motifs is 1. The number of hydrogen-bond acceptors (Lipinski definition) is 19. The lowest BCUT2D eigenvalue weighted by molar-refractivity contribution is -0.136. The molecule has 0 spiro atoms. The van der Waals surface area contributed by atoms with Crippen LogP contribution in [0.5, 0.6) is 5.75 Å². The number of aliphatic hydroxyl groups is 1. The molecule has 0 aliphatic carbocycles. The first kappa shape index (κ1) is 71.5. The maximum atomic E-state index is 15.1. The van der Waals surface area contributed by atoms with Crippen molar-refractivity contribution >= 4 is 117 Å². The van der Waals surface area contributed by atoms with Crippen LogP contribution < -0.4 is 53.0 Å². The Balaban J connectivity index is 1.41. The van der Waals surface area contributed by atoms with Gasteiger partial charge in [0.2, 0.25) is 57.3 Å². The van der Waals surface area contributed by atoms with Crippen molar-refractivity contribution in [3.63, 3.8) is 0 Å². The van der Waals surface area contributed by atoms with Gasteiger partial charge in [-0.1, -0.05) is 99.1 Å². The highest BCUT2D eigenvalue weighted by atomic mass is 33.1. The number of ether oxygens (including phenoxy) is 1. The topological polar surface area (TPSA) is 400 Å². The van der Waals surface area contributed by atoms with Crippen molar-refractivity contribution in [3.05, 3.63) is 126 Å². The number of nitrogens with one attached hydrogen (secondary N) is 10. The third-order valence-corrected chi connectivity index (χ3v) is 18.9. The maximum absolute atomic E-state index is 15.1. The van der Waals surface area contributed by atoms with Crippen LogP contribution in [0.25, 0.3) is 10.9 Å². The first-order valence-corrected chi connectivity index (χ1v) is 35.3. The average molecular weight is 1340 g/mol. The highest BCUT2D eigenvalue weighted by molar-refractivity contribution is 8.77. The first-order valence-electron chi connectivity index (χ1n) is 28.6. The molecule has 2 aromatic heterocycles. The molecule has 0 saturated carbocycles. The number of sulfonamides is 1. The van der Waals surface area contributed by atoms with E-state index < -0.39 is 123 Å². The van der Waals surface area contributed by atoms with Crippen LogP contribution in [0.1, 0.15) is 63.6 Å². The second kappa shape index (κ2) is 34.6. The van der Waals surface area contributed by atoms with Crippen molar-refractivity contribution in [2.75, 3.05) is 30.1 Å². The van der Waals surface area contributed by atoms with E-state index in [1.54, 1.807) is 106 Å². The molecule has 1 aliphatic rings. The number of primary amides is 1. The van der Waals surface area contributed by atoms with Crippen LogP contribution in [-0.4, -0.2) is 172 Å². The largest absolute Gasteiger partial charge is 0.508 e. The number of aromatic hydroxyl groups is 1. The molecule has 3 aromatic carbocycles. The molecular weight excluding hydrogens is 1260 g/mol. The second-order valence-corrected chi connectivity index (χ2v) is 28.8. The quantitative estimate of drug-likeness (QED) is 0.0328. The van der Waals surface area contributed by atoms with Gasteiger partial charge in [-0.2, -0.15) is 0 Å². The molecule has 1 aliphatic heterocycles. The molecule has 5 aromatic rings. The lowest BCUT2D eigenvalue weighted by Crippen LogP contribution is -2.62. The zero-order valence-corrected chi connectivity index (χ0v) is 54.1. The summed E-state index contributed by atoms with van der Waals surface area (Å²) in [4.78, 5) is 136. The van der Waals surface area contributed by atoms with Crippen LogP contribution in [0.3, 0.4) is 0 Å². The zero-order chi connectivity index (χ0) is 65.5. The summed E-state index contributed by atoms with van der Waals surface area (Å²) in [5, 5.41) is 43.9. The normalized spacial score (nSPS) is 20.3. The first-order chi connectivity index (χ1) is 42.7. The van der Waals surface area contributed by atoms with Gasteiger partial charge in [0.25, 0.3) is 0 Å². The standard InChI is InChI=1S/C59H76N12O14S5/c1-34(72)49-57(81)69-47(56(80)67-45(50(60)74)31-88-89-48-20-12-14-25-61-48)33-87-86-32-46(68-54(78)44(71-90(5,83)84)28-35-15-7-6-8-16-35)55(79)65-42(27-36-21-23-38(73)24-22-36)52(76)66-43(29-37-30-63-40-18-10-9-17-39(37)40)53(77)64-41(51(75)70-49)19-11-13-26-62-58(82)85-59(2,3)4/h6-10,12,14-18,20-25,30,34,41-47,49,63,71-73H,11,13,19,26-29,31-33H2,1-5H3,(H2,60,74)(H,62,82)(H,64,77)(H,65,79)(H,66,76)(H,67,80)(H,68,78)(H,69,81)(H,70,75)/t34-,41+,42+,43-,44-,45+,46+,47+,49+/m1/s1. The number of aromatic nitrogens is 2. The van der Waals surface area contributed by atoms with Gasteiger partial charge in [0.15, 0.2) is 0 Å². The van der Waals surface area contributed by atoms with Crippen LogP contribution in [-0.2, 0) is 72.4 Å². The number of H-pyrrole nitrogens is 1. The lowest BCUT2D eigenvalue weighted by Gasteiger charge is -2.29. The third-order valence-electron chi connectivity index (χ3n) is 13.5. The van der Waals surface area contributed by atoms with E-state index in [9.17, 15) is 52.2 Å². The summed E-state index contributed by atoms with van der Waals surface area (Å²) in [5.74, 6) is -8.54. The molecule has 0 bridgehead atoms. The number of carbonyl (C=O) groups excluding carboxylic acids is 9. The molecule has 0 unspecified atom stereocenters. The fourth-order valence-electron chi connectivity index (χ4n) is 8.98. The van der Waals surface area contributed by atoms with Gasteiger partial charge < -0.3 is 68.2 Å². The molecule has 90 heavy (non-hydrogen) atoms. The van der Waals surface area contributed by atoms with Crippen molar-refractivity contribution in [1.29, 1.82) is 0 Å². The summed E-state index contributed by atoms with van der Waals surface area (Å²) in [6.45, 7) is 6.37. The average Bonchev–Trinajstić information content (AvgIpc) is 1.80. The van der Waals surface area contributed by atoms with Gasteiger partial charge in [-0.05, 0) is 111 Å². The highest BCUT2D eigenvalue weighted by Crippen LogP contribution is 2.30. The molecule has 9 amide bonds. The molecule has 9 atom stereocenters. The summed E-state index contributed by atoms with van der Waals surface area (Å²) in [6.07, 6.45) is 1.35. The Morgan fingerprint density at radius 2 is 1.41 bits per heavy atom. The van der Waals surface area contributed by atoms with E-state index >= 15 is 9.59 Å². The second-order valence-electron chi connectivity index (χ2n) is 22.1. The molecule has 486 valence electrons. The number of para-hydroxylation sites is 1. The van der Waals surface area contributed by atoms with Gasteiger partial charge >= 0.3 is 6.09 Å². The van der Waals surface area contributed by atoms with Crippen LogP contribution >= 0.6 is 43.2 Å². The minimum Gasteiger partial charge on any atom is -0.508 e. The number of aliphatic hydroxyl groups excluding tert-OH is 1. The number of pyridine rings is 1. The minimum atomic E-state index is -4.07. The van der Waals surface area contributed by atoms with E-state index in [-0.39, 0.29) is 68.1 Å². The molecule has 6 rings (SSSR count). The Kier molecular flexibility index (Phi) is 27.5. The number of unbranched alkanes of at least 4 members (excludes halogenated alkanes) is 1. The van der Waals surface area contributed by atoms with Gasteiger partial charge in [0.1, 0.15) is 64.7 Å².